The van der Waals surface area contributed by atoms with Crippen LogP contribution in [0.15, 0.2) is 74.7 Å². The molecular weight excluding hydrogens is 476 g/mol. The van der Waals surface area contributed by atoms with Crippen LogP contribution in [0.3, 0.4) is 0 Å². The van der Waals surface area contributed by atoms with Crippen molar-refractivity contribution < 1.29 is 33.4 Å². The van der Waals surface area contributed by atoms with E-state index in [1.165, 1.54) is 25.5 Å². The predicted octanol–water partition coefficient (Wildman–Crippen LogP) is 4.91. The normalized spacial score (nSPS) is 14.1. The van der Waals surface area contributed by atoms with E-state index in [2.05, 4.69) is 0 Å². The molecule has 0 saturated heterocycles. The van der Waals surface area contributed by atoms with Crippen LogP contribution in [-0.2, 0) is 14.4 Å². The molecule has 1 aromatic heterocycles. The van der Waals surface area contributed by atoms with Crippen LogP contribution in [0.4, 0.5) is 0 Å². The van der Waals surface area contributed by atoms with Crippen LogP contribution in [0.1, 0.15) is 34.1 Å². The van der Waals surface area contributed by atoms with Gasteiger partial charge in [-0.1, -0.05) is 26.0 Å². The van der Waals surface area contributed by atoms with E-state index in [-0.39, 0.29) is 45.8 Å². The minimum Gasteiger partial charge on any atom is -0.507 e. The van der Waals surface area contributed by atoms with Gasteiger partial charge >= 0.3 is 5.97 Å². The van der Waals surface area contributed by atoms with E-state index in [4.69, 9.17) is 13.9 Å². The molecule has 3 aromatic rings. The molecule has 0 spiro atoms. The Hall–Kier alpha value is -4.46. The number of carbonyl (C=O) groups is 3. The summed E-state index contributed by atoms with van der Waals surface area (Å²) in [6, 6.07) is 9.30. The molecule has 0 fully saturated rings. The quantitative estimate of drug-likeness (QED) is 0.287. The largest absolute Gasteiger partial charge is 0.507 e. The third-order valence-electron chi connectivity index (χ3n) is 6.39. The van der Waals surface area contributed by atoms with Gasteiger partial charge in [0.25, 0.3) is 0 Å². The molecule has 0 bridgehead atoms. The third-order valence-corrected chi connectivity index (χ3v) is 6.39. The van der Waals surface area contributed by atoms with Crippen LogP contribution in [0.2, 0.25) is 0 Å². The molecule has 2 aromatic carbocycles. The molecule has 8 nitrogen and oxygen atoms in total. The molecule has 37 heavy (non-hydrogen) atoms. The first-order chi connectivity index (χ1) is 17.4. The highest BCUT2D eigenvalue weighted by molar-refractivity contribution is 6.22. The Morgan fingerprint density at radius 1 is 1.03 bits per heavy atom. The molecule has 0 amide bonds. The van der Waals surface area contributed by atoms with Crippen molar-refractivity contribution in [3.05, 3.63) is 75.7 Å². The number of rotatable bonds is 6. The molecule has 1 aliphatic carbocycles. The SMILES string of the molecule is COc1ccc(-c2coc3cc(OC(=O)CC(C)(C)C4=C(C)C(=O)C(C)=CC4=O)cc(O)c3c2=O)cc1. The summed E-state index contributed by atoms with van der Waals surface area (Å²) in [7, 11) is 1.54. The van der Waals surface area contributed by atoms with Crippen molar-refractivity contribution in [3.63, 3.8) is 0 Å². The number of fused-ring (bicyclic) bond motifs is 1. The summed E-state index contributed by atoms with van der Waals surface area (Å²) in [4.78, 5) is 50.9. The van der Waals surface area contributed by atoms with Crippen LogP contribution in [0, 0.1) is 5.41 Å². The molecule has 0 radical (unpaired) electrons. The summed E-state index contributed by atoms with van der Waals surface area (Å²) in [6.07, 6.45) is 2.35. The van der Waals surface area contributed by atoms with Gasteiger partial charge in [0.1, 0.15) is 34.5 Å². The van der Waals surface area contributed by atoms with Crippen molar-refractivity contribution in [2.45, 2.75) is 34.1 Å². The van der Waals surface area contributed by atoms with Gasteiger partial charge in [-0.3, -0.25) is 19.2 Å². The lowest BCUT2D eigenvalue weighted by Gasteiger charge is -2.29. The number of Topliss-reactive ketones (excluding diaryl/α,β-unsaturated/α-hetero) is 1. The Kier molecular flexibility index (Phi) is 6.61. The predicted molar refractivity (Wildman–Crippen MR) is 137 cm³/mol. The van der Waals surface area contributed by atoms with E-state index in [1.807, 2.05) is 0 Å². The van der Waals surface area contributed by atoms with Crippen LogP contribution >= 0.6 is 0 Å². The molecule has 1 aliphatic rings. The van der Waals surface area contributed by atoms with E-state index in [1.54, 1.807) is 52.0 Å². The fourth-order valence-corrected chi connectivity index (χ4v) is 4.62. The van der Waals surface area contributed by atoms with Crippen molar-refractivity contribution in [2.75, 3.05) is 7.11 Å². The Morgan fingerprint density at radius 3 is 2.35 bits per heavy atom. The minimum atomic E-state index is -0.982. The smallest absolute Gasteiger partial charge is 0.312 e. The Bertz CT molecular complexity index is 1570. The lowest BCUT2D eigenvalue weighted by Crippen LogP contribution is -2.30. The van der Waals surface area contributed by atoms with Gasteiger partial charge < -0.3 is 19.0 Å². The molecule has 0 unspecified atom stereocenters. The average molecular weight is 503 g/mol. The molecule has 1 heterocycles. The number of allylic oxidation sites excluding steroid dienone is 4. The summed E-state index contributed by atoms with van der Waals surface area (Å²) < 4.78 is 16.2. The number of phenolic OH excluding ortho intramolecular Hbond substituents is 1. The summed E-state index contributed by atoms with van der Waals surface area (Å²) in [5.74, 6) is -1.05. The lowest BCUT2D eigenvalue weighted by atomic mass is 9.73. The van der Waals surface area contributed by atoms with Crippen LogP contribution in [0.5, 0.6) is 17.2 Å². The average Bonchev–Trinajstić information content (AvgIpc) is 2.82. The number of methoxy groups -OCH3 is 1. The Morgan fingerprint density at radius 2 is 1.70 bits per heavy atom. The summed E-state index contributed by atoms with van der Waals surface area (Å²) in [6.45, 7) is 6.52. The Labute approximate surface area is 212 Å². The fourth-order valence-electron chi connectivity index (χ4n) is 4.62. The van der Waals surface area contributed by atoms with E-state index >= 15 is 0 Å². The van der Waals surface area contributed by atoms with Crippen LogP contribution in [-0.4, -0.2) is 29.8 Å². The number of esters is 1. The number of phenols is 1. The van der Waals surface area contributed by atoms with Crippen molar-refractivity contribution >= 4 is 28.5 Å². The van der Waals surface area contributed by atoms with Crippen molar-refractivity contribution in [2.24, 2.45) is 5.41 Å². The number of hydrogen-bond acceptors (Lipinski definition) is 8. The number of aromatic hydroxyl groups is 1. The highest BCUT2D eigenvalue weighted by atomic mass is 16.5. The first kappa shape index (κ1) is 25.6. The number of hydrogen-bond donors (Lipinski definition) is 1. The zero-order valence-electron chi connectivity index (χ0n) is 21.1. The maximum atomic E-state index is 13.1. The van der Waals surface area contributed by atoms with Gasteiger partial charge in [-0.15, -0.1) is 0 Å². The molecule has 0 atom stereocenters. The van der Waals surface area contributed by atoms with Crippen LogP contribution in [0.25, 0.3) is 22.1 Å². The van der Waals surface area contributed by atoms with Gasteiger partial charge in [-0.2, -0.15) is 0 Å². The maximum absolute atomic E-state index is 13.1. The second-order valence-corrected chi connectivity index (χ2v) is 9.58. The highest BCUT2D eigenvalue weighted by Gasteiger charge is 2.36. The second kappa shape index (κ2) is 9.54. The van der Waals surface area contributed by atoms with Gasteiger partial charge in [0.05, 0.1) is 19.1 Å². The fraction of sp³-hybridized carbons (Fsp3) is 0.241. The monoisotopic (exact) mass is 502 g/mol. The molecule has 0 saturated carbocycles. The summed E-state index contributed by atoms with van der Waals surface area (Å²) in [5, 5.41) is 10.5. The van der Waals surface area contributed by atoms with Crippen molar-refractivity contribution in [3.8, 4) is 28.4 Å². The third kappa shape index (κ3) is 4.82. The summed E-state index contributed by atoms with van der Waals surface area (Å²) in [5.41, 5.74) is 0.359. The van der Waals surface area contributed by atoms with E-state index in [0.717, 1.165) is 6.07 Å². The molecule has 0 aliphatic heterocycles. The number of ether oxygens (including phenoxy) is 2. The molecular formula is C29H26O8. The Balaban J connectivity index is 1.60. The second-order valence-electron chi connectivity index (χ2n) is 9.58. The zero-order chi connectivity index (χ0) is 27.1. The first-order valence-corrected chi connectivity index (χ1v) is 11.5. The van der Waals surface area contributed by atoms with Gasteiger partial charge in [0, 0.05) is 34.3 Å². The highest BCUT2D eigenvalue weighted by Crippen LogP contribution is 2.38. The van der Waals surface area contributed by atoms with Gasteiger partial charge in [0.2, 0.25) is 5.43 Å². The van der Waals surface area contributed by atoms with Gasteiger partial charge in [-0.05, 0) is 37.6 Å². The molecule has 8 heteroatoms. The number of carbonyl (C=O) groups excluding carboxylic acids is 3. The summed E-state index contributed by atoms with van der Waals surface area (Å²) >= 11 is 0. The molecule has 4 rings (SSSR count). The lowest BCUT2D eigenvalue weighted by molar-refractivity contribution is -0.136. The van der Waals surface area contributed by atoms with E-state index in [0.29, 0.717) is 22.5 Å². The molecule has 1 N–H and O–H groups in total. The number of benzene rings is 2. The maximum Gasteiger partial charge on any atom is 0.312 e. The molecule has 190 valence electrons. The van der Waals surface area contributed by atoms with Crippen molar-refractivity contribution in [1.29, 1.82) is 0 Å². The first-order valence-electron chi connectivity index (χ1n) is 11.5. The van der Waals surface area contributed by atoms with E-state index in [9.17, 15) is 24.3 Å². The standard InChI is InChI=1S/C29H26O8/c1-15-10-22(31)26(16(2)27(15)33)29(3,4)13-24(32)37-19-11-21(30)25-23(12-19)36-14-20(28(25)34)17-6-8-18(35-5)9-7-17/h6-12,14,30H,13H2,1-5H3. The van der Waals surface area contributed by atoms with Gasteiger partial charge in [0.15, 0.2) is 11.6 Å². The van der Waals surface area contributed by atoms with Gasteiger partial charge in [-0.25, -0.2) is 0 Å². The zero-order valence-corrected chi connectivity index (χ0v) is 21.1. The number of ketones is 2. The topological polar surface area (TPSA) is 120 Å². The minimum absolute atomic E-state index is 0.0290. The van der Waals surface area contributed by atoms with Crippen LogP contribution < -0.4 is 14.9 Å². The van der Waals surface area contributed by atoms with Crippen molar-refractivity contribution in [1.82, 2.24) is 0 Å². The van der Waals surface area contributed by atoms with E-state index < -0.39 is 22.6 Å².